The van der Waals surface area contributed by atoms with E-state index in [1.54, 1.807) is 12.3 Å². The van der Waals surface area contributed by atoms with E-state index in [2.05, 4.69) is 26.2 Å². The molecule has 20 heavy (non-hydrogen) atoms. The van der Waals surface area contributed by atoms with Crippen LogP contribution in [0.2, 0.25) is 5.02 Å². The topological polar surface area (TPSA) is 42.0 Å². The monoisotopic (exact) mass is 370 g/mol. The molecule has 0 saturated carbocycles. The minimum atomic E-state index is -0.221. The van der Waals surface area contributed by atoms with Crippen LogP contribution in [0, 0.1) is 0 Å². The third-order valence-corrected chi connectivity index (χ3v) is 4.31. The van der Waals surface area contributed by atoms with Crippen LogP contribution in [0.25, 0.3) is 0 Å². The Morgan fingerprint density at radius 1 is 1.30 bits per heavy atom. The van der Waals surface area contributed by atoms with Crippen molar-refractivity contribution in [2.75, 3.05) is 5.32 Å². The maximum atomic E-state index is 12.1. The van der Waals surface area contributed by atoms with E-state index in [1.807, 2.05) is 37.3 Å². The number of carbonyl (C=O) groups excluding carboxylic acids is 1. The molecule has 0 radical (unpaired) electrons. The fourth-order valence-electron chi connectivity index (χ4n) is 1.45. The number of anilines is 1. The molecule has 104 valence electrons. The molecule has 1 unspecified atom stereocenters. The largest absolute Gasteiger partial charge is 0.310 e. The molecule has 2 rings (SSSR count). The Morgan fingerprint density at radius 3 is 2.60 bits per heavy atom. The summed E-state index contributed by atoms with van der Waals surface area (Å²) in [5.74, 6) is 0.460. The van der Waals surface area contributed by atoms with E-state index in [0.29, 0.717) is 10.8 Å². The van der Waals surface area contributed by atoms with Crippen molar-refractivity contribution in [3.05, 3.63) is 52.1 Å². The lowest BCUT2D eigenvalue weighted by Gasteiger charge is -2.11. The lowest BCUT2D eigenvalue weighted by atomic mass is 10.4. The fraction of sp³-hybridized carbons (Fsp3) is 0.143. The molecule has 0 aliphatic rings. The Kier molecular flexibility index (Phi) is 5.46. The number of rotatable bonds is 4. The highest BCUT2D eigenvalue weighted by molar-refractivity contribution is 9.10. The molecule has 1 amide bonds. The van der Waals surface area contributed by atoms with Gasteiger partial charge in [0.2, 0.25) is 5.91 Å². The first-order valence-electron chi connectivity index (χ1n) is 5.89. The number of halogens is 2. The number of nitrogens with one attached hydrogen (secondary N) is 1. The average molecular weight is 372 g/mol. The van der Waals surface area contributed by atoms with Crippen molar-refractivity contribution in [3.63, 3.8) is 0 Å². The molecule has 0 bridgehead atoms. The average Bonchev–Trinajstić information content (AvgIpc) is 2.44. The van der Waals surface area contributed by atoms with Gasteiger partial charge in [0.25, 0.3) is 0 Å². The maximum absolute atomic E-state index is 12.1. The van der Waals surface area contributed by atoms with Crippen molar-refractivity contribution >= 4 is 51.0 Å². The second-order valence-corrected chi connectivity index (χ2v) is 6.83. The van der Waals surface area contributed by atoms with E-state index < -0.39 is 0 Å². The molecule has 1 heterocycles. The van der Waals surface area contributed by atoms with Crippen LogP contribution in [0.5, 0.6) is 0 Å². The van der Waals surface area contributed by atoms with Gasteiger partial charge in [0, 0.05) is 20.6 Å². The Hall–Kier alpha value is -1.04. The van der Waals surface area contributed by atoms with E-state index in [9.17, 15) is 4.79 Å². The minimum absolute atomic E-state index is 0.0835. The molecule has 6 heteroatoms. The number of carbonyl (C=O) groups is 1. The van der Waals surface area contributed by atoms with Gasteiger partial charge in [-0.2, -0.15) is 0 Å². The summed E-state index contributed by atoms with van der Waals surface area (Å²) in [7, 11) is 0. The first-order chi connectivity index (χ1) is 9.54. The zero-order valence-electron chi connectivity index (χ0n) is 10.6. The first kappa shape index (κ1) is 15.4. The van der Waals surface area contributed by atoms with Crippen molar-refractivity contribution in [1.29, 1.82) is 0 Å². The van der Waals surface area contributed by atoms with Gasteiger partial charge in [0.05, 0.1) is 5.25 Å². The van der Waals surface area contributed by atoms with Crippen molar-refractivity contribution in [1.82, 2.24) is 4.98 Å². The molecular formula is C14H12BrClN2OS. The molecule has 1 aromatic carbocycles. The van der Waals surface area contributed by atoms with Crippen LogP contribution in [0.1, 0.15) is 6.92 Å². The van der Waals surface area contributed by atoms with Crippen LogP contribution in [-0.4, -0.2) is 16.1 Å². The number of pyridine rings is 1. The van der Waals surface area contributed by atoms with Gasteiger partial charge in [-0.3, -0.25) is 4.79 Å². The first-order valence-corrected chi connectivity index (χ1v) is 7.94. The Balaban J connectivity index is 1.94. The Morgan fingerprint density at radius 2 is 2.00 bits per heavy atom. The number of amides is 1. The number of thioether (sulfide) groups is 1. The zero-order valence-corrected chi connectivity index (χ0v) is 13.8. The van der Waals surface area contributed by atoms with Gasteiger partial charge in [0.15, 0.2) is 0 Å². The van der Waals surface area contributed by atoms with Crippen LogP contribution >= 0.6 is 39.3 Å². The van der Waals surface area contributed by atoms with E-state index in [-0.39, 0.29) is 11.2 Å². The van der Waals surface area contributed by atoms with Crippen LogP contribution in [0.4, 0.5) is 5.82 Å². The summed E-state index contributed by atoms with van der Waals surface area (Å²) in [6.45, 7) is 1.85. The summed E-state index contributed by atoms with van der Waals surface area (Å²) in [6.07, 6.45) is 1.65. The molecule has 2 aromatic rings. The fourth-order valence-corrected chi connectivity index (χ4v) is 2.68. The van der Waals surface area contributed by atoms with Crippen LogP contribution in [-0.2, 0) is 4.79 Å². The molecule has 0 aliphatic carbocycles. The lowest BCUT2D eigenvalue weighted by molar-refractivity contribution is -0.115. The highest BCUT2D eigenvalue weighted by atomic mass is 79.9. The second-order valence-electron chi connectivity index (χ2n) is 4.06. The standard InChI is InChI=1S/C14H12BrClN2OS/c1-9(20-12-5-3-11(16)4-6-12)14(19)18-13-7-2-10(15)8-17-13/h2-9H,1H3,(H,17,18,19). The lowest BCUT2D eigenvalue weighted by Crippen LogP contribution is -2.22. The SMILES string of the molecule is CC(Sc1ccc(Cl)cc1)C(=O)Nc1ccc(Br)cn1. The number of nitrogens with zero attached hydrogens (tertiary/aromatic N) is 1. The molecule has 1 aromatic heterocycles. The van der Waals surface area contributed by atoms with Crippen LogP contribution in [0.3, 0.4) is 0 Å². The Bertz CT molecular complexity index is 589. The highest BCUT2D eigenvalue weighted by Gasteiger charge is 2.14. The van der Waals surface area contributed by atoms with Crippen molar-refractivity contribution < 1.29 is 4.79 Å². The predicted molar refractivity (Wildman–Crippen MR) is 87.3 cm³/mol. The third kappa shape index (κ3) is 4.51. The summed E-state index contributed by atoms with van der Waals surface area (Å²) < 4.78 is 0.874. The van der Waals surface area contributed by atoms with Gasteiger partial charge in [0.1, 0.15) is 5.82 Å². The summed E-state index contributed by atoms with van der Waals surface area (Å²) in [5.41, 5.74) is 0. The van der Waals surface area contributed by atoms with Crippen molar-refractivity contribution in [2.45, 2.75) is 17.1 Å². The van der Waals surface area contributed by atoms with E-state index >= 15 is 0 Å². The van der Waals surface area contributed by atoms with Crippen molar-refractivity contribution in [3.8, 4) is 0 Å². The smallest absolute Gasteiger partial charge is 0.238 e. The number of benzene rings is 1. The zero-order chi connectivity index (χ0) is 14.5. The summed E-state index contributed by atoms with van der Waals surface area (Å²) in [4.78, 5) is 17.2. The predicted octanol–water partition coefficient (Wildman–Crippen LogP) is 4.62. The molecular weight excluding hydrogens is 360 g/mol. The van der Waals surface area contributed by atoms with E-state index in [1.165, 1.54) is 11.8 Å². The highest BCUT2D eigenvalue weighted by Crippen LogP contribution is 2.25. The van der Waals surface area contributed by atoms with Crippen LogP contribution in [0.15, 0.2) is 52.0 Å². The summed E-state index contributed by atoms with van der Waals surface area (Å²) >= 11 is 10.6. The molecule has 0 aliphatic heterocycles. The maximum Gasteiger partial charge on any atom is 0.238 e. The van der Waals surface area contributed by atoms with Crippen LogP contribution < -0.4 is 5.32 Å². The van der Waals surface area contributed by atoms with E-state index in [4.69, 9.17) is 11.6 Å². The van der Waals surface area contributed by atoms with Gasteiger partial charge in [-0.05, 0) is 59.3 Å². The Labute approximate surface area is 135 Å². The summed E-state index contributed by atoms with van der Waals surface area (Å²) in [5, 5.41) is 3.25. The quantitative estimate of drug-likeness (QED) is 0.798. The third-order valence-electron chi connectivity index (χ3n) is 2.47. The molecule has 1 N–H and O–H groups in total. The molecule has 3 nitrogen and oxygen atoms in total. The van der Waals surface area contributed by atoms with Gasteiger partial charge in [-0.15, -0.1) is 11.8 Å². The molecule has 0 fully saturated rings. The number of aromatic nitrogens is 1. The second kappa shape index (κ2) is 7.11. The van der Waals surface area contributed by atoms with Crippen molar-refractivity contribution in [2.24, 2.45) is 0 Å². The molecule has 1 atom stereocenters. The van der Waals surface area contributed by atoms with E-state index in [0.717, 1.165) is 9.37 Å². The summed E-state index contributed by atoms with van der Waals surface area (Å²) in [6, 6.07) is 11.0. The normalized spacial score (nSPS) is 11.9. The molecule has 0 spiro atoms. The van der Waals surface area contributed by atoms with Gasteiger partial charge >= 0.3 is 0 Å². The minimum Gasteiger partial charge on any atom is -0.310 e. The van der Waals surface area contributed by atoms with Gasteiger partial charge in [-0.25, -0.2) is 4.98 Å². The van der Waals surface area contributed by atoms with Gasteiger partial charge < -0.3 is 5.32 Å². The van der Waals surface area contributed by atoms with Gasteiger partial charge in [-0.1, -0.05) is 11.6 Å². The molecule has 0 saturated heterocycles. The number of hydrogen-bond donors (Lipinski definition) is 1. The number of hydrogen-bond acceptors (Lipinski definition) is 3.